The summed E-state index contributed by atoms with van der Waals surface area (Å²) in [5.74, 6) is -0.856. The van der Waals surface area contributed by atoms with Gasteiger partial charge in [0.2, 0.25) is 11.9 Å². The van der Waals surface area contributed by atoms with Crippen molar-refractivity contribution < 1.29 is 9.59 Å². The number of nitrogens with one attached hydrogen (secondary N) is 3. The SMILES string of the molecule is C/C(=N/N=C(N)N)C(=O)Nc1ccc(NC(=O)Nc2ccc(/C(C)=N/N=C(N)N)cc2)cc1. The molecule has 0 radical (unpaired) electrons. The van der Waals surface area contributed by atoms with Gasteiger partial charge in [-0.1, -0.05) is 12.1 Å². The molecule has 0 bridgehead atoms. The van der Waals surface area contributed by atoms with E-state index in [1.165, 1.54) is 6.92 Å². The van der Waals surface area contributed by atoms with Gasteiger partial charge in [0.25, 0.3) is 5.91 Å². The van der Waals surface area contributed by atoms with E-state index in [4.69, 9.17) is 22.9 Å². The van der Waals surface area contributed by atoms with E-state index in [1.54, 1.807) is 55.5 Å². The summed E-state index contributed by atoms with van der Waals surface area (Å²) in [6.45, 7) is 3.22. The van der Waals surface area contributed by atoms with E-state index in [0.717, 1.165) is 5.56 Å². The van der Waals surface area contributed by atoms with Crippen molar-refractivity contribution >= 4 is 52.3 Å². The van der Waals surface area contributed by atoms with Crippen LogP contribution in [0.5, 0.6) is 0 Å². The summed E-state index contributed by atoms with van der Waals surface area (Å²) in [5, 5.41) is 22.6. The first kappa shape index (κ1) is 24.3. The highest BCUT2D eigenvalue weighted by atomic mass is 16.2. The molecular formula is C20H25N11O2. The summed E-state index contributed by atoms with van der Waals surface area (Å²) >= 11 is 0. The van der Waals surface area contributed by atoms with Crippen molar-refractivity contribution in [3.8, 4) is 0 Å². The zero-order valence-corrected chi connectivity index (χ0v) is 18.0. The Balaban J connectivity index is 1.92. The molecule has 11 N–H and O–H groups in total. The molecule has 0 fully saturated rings. The molecule has 13 nitrogen and oxygen atoms in total. The van der Waals surface area contributed by atoms with E-state index >= 15 is 0 Å². The number of nitrogens with two attached hydrogens (primary N) is 4. The number of anilines is 3. The summed E-state index contributed by atoms with van der Waals surface area (Å²) in [6.07, 6.45) is 0. The minimum absolute atomic E-state index is 0.0775. The van der Waals surface area contributed by atoms with Crippen molar-refractivity contribution in [3.63, 3.8) is 0 Å². The summed E-state index contributed by atoms with van der Waals surface area (Å²) in [7, 11) is 0. The Morgan fingerprint density at radius 2 is 1.06 bits per heavy atom. The topological polar surface area (TPSA) is 224 Å². The molecule has 0 atom stereocenters. The largest absolute Gasteiger partial charge is 0.369 e. The zero-order valence-electron chi connectivity index (χ0n) is 18.0. The van der Waals surface area contributed by atoms with E-state index in [-0.39, 0.29) is 17.6 Å². The molecule has 0 aliphatic heterocycles. The number of amides is 3. The summed E-state index contributed by atoms with van der Waals surface area (Å²) < 4.78 is 0. The normalized spacial score (nSPS) is 11.2. The minimum atomic E-state index is -0.472. The first-order valence-electron chi connectivity index (χ1n) is 9.50. The van der Waals surface area contributed by atoms with Crippen molar-refractivity contribution in [2.45, 2.75) is 13.8 Å². The molecule has 0 saturated carbocycles. The fourth-order valence-electron chi connectivity index (χ4n) is 2.32. The van der Waals surface area contributed by atoms with Gasteiger partial charge in [-0.15, -0.1) is 15.3 Å². The van der Waals surface area contributed by atoms with Gasteiger partial charge in [-0.25, -0.2) is 4.79 Å². The molecule has 33 heavy (non-hydrogen) atoms. The number of urea groups is 1. The number of guanidine groups is 2. The molecule has 13 heteroatoms. The number of carbonyl (C=O) groups excluding carboxylic acids is 2. The third-order valence-corrected chi connectivity index (χ3v) is 3.92. The molecule has 2 aromatic rings. The van der Waals surface area contributed by atoms with Gasteiger partial charge in [-0.2, -0.15) is 5.10 Å². The summed E-state index contributed by atoms with van der Waals surface area (Å²) in [4.78, 5) is 24.3. The standard InChI is InChI=1S/C20H25N11O2/c1-11(28-30-18(21)22)13-3-5-15(6-4-13)26-20(33)27-16-9-7-14(8-10-16)25-17(32)12(2)29-31-19(23)24/h3-10H,1-2H3,(H,25,32)(H4,21,22,30)(H4,23,24,31)(H2,26,27,33)/b28-11+,29-12-. The molecule has 2 aromatic carbocycles. The van der Waals surface area contributed by atoms with Crippen molar-refractivity contribution in [2.75, 3.05) is 16.0 Å². The Morgan fingerprint density at radius 1 is 0.636 bits per heavy atom. The molecule has 0 heterocycles. The predicted molar refractivity (Wildman–Crippen MR) is 131 cm³/mol. The van der Waals surface area contributed by atoms with Gasteiger partial charge in [0.05, 0.1) is 5.71 Å². The Morgan fingerprint density at radius 3 is 1.55 bits per heavy atom. The van der Waals surface area contributed by atoms with Crippen LogP contribution in [0.2, 0.25) is 0 Å². The fraction of sp³-hybridized carbons (Fsp3) is 0.100. The Hall–Kier alpha value is -4.94. The number of hydrogen-bond donors (Lipinski definition) is 7. The van der Waals surface area contributed by atoms with Crippen molar-refractivity contribution in [1.82, 2.24) is 0 Å². The highest BCUT2D eigenvalue weighted by Gasteiger charge is 2.08. The number of hydrogen-bond acceptors (Lipinski definition) is 6. The summed E-state index contributed by atoms with van der Waals surface area (Å²) in [5.41, 5.74) is 23.9. The Bertz CT molecular complexity index is 1110. The summed E-state index contributed by atoms with van der Waals surface area (Å²) in [6, 6.07) is 13.0. The lowest BCUT2D eigenvalue weighted by Gasteiger charge is -2.09. The molecule has 0 aliphatic carbocycles. The molecule has 172 valence electrons. The average molecular weight is 451 g/mol. The second-order valence-corrected chi connectivity index (χ2v) is 6.61. The highest BCUT2D eigenvalue weighted by molar-refractivity contribution is 6.42. The van der Waals surface area contributed by atoms with E-state index in [2.05, 4.69) is 36.4 Å². The van der Waals surface area contributed by atoms with Crippen LogP contribution in [0.25, 0.3) is 0 Å². The van der Waals surface area contributed by atoms with E-state index in [0.29, 0.717) is 22.8 Å². The maximum Gasteiger partial charge on any atom is 0.323 e. The van der Waals surface area contributed by atoms with Gasteiger partial charge in [0, 0.05) is 17.1 Å². The fourth-order valence-corrected chi connectivity index (χ4v) is 2.32. The maximum atomic E-state index is 12.2. The van der Waals surface area contributed by atoms with Crippen LogP contribution in [0.15, 0.2) is 68.9 Å². The Kier molecular flexibility index (Phi) is 8.44. The van der Waals surface area contributed by atoms with Crippen LogP contribution in [0, 0.1) is 0 Å². The lowest BCUT2D eigenvalue weighted by Crippen LogP contribution is -2.23. The van der Waals surface area contributed by atoms with Crippen LogP contribution in [0.4, 0.5) is 21.9 Å². The molecule has 0 unspecified atom stereocenters. The molecular weight excluding hydrogens is 426 g/mol. The van der Waals surface area contributed by atoms with Gasteiger partial charge in [-0.05, 0) is 55.8 Å². The van der Waals surface area contributed by atoms with Crippen LogP contribution in [-0.4, -0.2) is 35.3 Å². The van der Waals surface area contributed by atoms with Gasteiger partial charge in [-0.3, -0.25) is 4.79 Å². The minimum Gasteiger partial charge on any atom is -0.369 e. The lowest BCUT2D eigenvalue weighted by atomic mass is 10.1. The first-order chi connectivity index (χ1) is 15.6. The zero-order chi connectivity index (χ0) is 24.4. The van der Waals surface area contributed by atoms with Crippen molar-refractivity contribution in [3.05, 3.63) is 54.1 Å². The quantitative estimate of drug-likeness (QED) is 0.184. The first-order valence-corrected chi connectivity index (χ1v) is 9.50. The smallest absolute Gasteiger partial charge is 0.323 e. The average Bonchev–Trinajstić information content (AvgIpc) is 2.77. The molecule has 0 aliphatic rings. The van der Waals surface area contributed by atoms with E-state index in [1.807, 2.05) is 0 Å². The van der Waals surface area contributed by atoms with Crippen LogP contribution in [-0.2, 0) is 4.79 Å². The van der Waals surface area contributed by atoms with Gasteiger partial charge < -0.3 is 38.9 Å². The van der Waals surface area contributed by atoms with Crippen molar-refractivity contribution in [2.24, 2.45) is 43.3 Å². The van der Waals surface area contributed by atoms with Gasteiger partial charge in [0.1, 0.15) is 5.71 Å². The van der Waals surface area contributed by atoms with Gasteiger partial charge >= 0.3 is 6.03 Å². The number of rotatable bonds is 7. The van der Waals surface area contributed by atoms with Crippen molar-refractivity contribution in [1.29, 1.82) is 0 Å². The van der Waals surface area contributed by atoms with Crippen LogP contribution >= 0.6 is 0 Å². The van der Waals surface area contributed by atoms with Crippen LogP contribution in [0.3, 0.4) is 0 Å². The number of nitrogens with zero attached hydrogens (tertiary/aromatic N) is 4. The monoisotopic (exact) mass is 451 g/mol. The van der Waals surface area contributed by atoms with E-state index < -0.39 is 11.9 Å². The third kappa shape index (κ3) is 8.37. The molecule has 0 saturated heterocycles. The second kappa shape index (κ2) is 11.5. The highest BCUT2D eigenvalue weighted by Crippen LogP contribution is 2.15. The third-order valence-electron chi connectivity index (χ3n) is 3.92. The molecule has 0 spiro atoms. The van der Waals surface area contributed by atoms with Crippen LogP contribution in [0.1, 0.15) is 19.4 Å². The molecule has 3 amide bonds. The van der Waals surface area contributed by atoms with Gasteiger partial charge in [0.15, 0.2) is 0 Å². The second-order valence-electron chi connectivity index (χ2n) is 6.61. The predicted octanol–water partition coefficient (Wildman–Crippen LogP) is 0.916. The maximum absolute atomic E-state index is 12.2. The van der Waals surface area contributed by atoms with E-state index in [9.17, 15) is 9.59 Å². The lowest BCUT2D eigenvalue weighted by molar-refractivity contribution is -0.110. The van der Waals surface area contributed by atoms with Crippen LogP contribution < -0.4 is 38.9 Å². The number of carbonyl (C=O) groups is 2. The number of benzene rings is 2. The Labute approximate surface area is 189 Å². The molecule has 2 rings (SSSR count). The molecule has 0 aromatic heterocycles.